The zero-order chi connectivity index (χ0) is 14.9. The highest BCUT2D eigenvalue weighted by Gasteiger charge is 2.21. The van der Waals surface area contributed by atoms with Gasteiger partial charge in [0.2, 0.25) is 10.0 Å². The lowest BCUT2D eigenvalue weighted by molar-refractivity contribution is 0.469. The molecule has 1 heterocycles. The Morgan fingerprint density at radius 3 is 2.55 bits per heavy atom. The highest BCUT2D eigenvalue weighted by Crippen LogP contribution is 2.25. The number of anilines is 1. The number of nitrogens with two attached hydrogens (primary N) is 1. The minimum absolute atomic E-state index is 0.200. The zero-order valence-electron chi connectivity index (χ0n) is 11.1. The second-order valence-electron chi connectivity index (χ2n) is 4.49. The van der Waals surface area contributed by atoms with Crippen LogP contribution in [0.15, 0.2) is 35.2 Å². The highest BCUT2D eigenvalue weighted by molar-refractivity contribution is 7.89. The Balaban J connectivity index is 2.27. The normalized spacial score (nSPS) is 12.0. The van der Waals surface area contributed by atoms with Crippen LogP contribution in [0.3, 0.4) is 0 Å². The van der Waals surface area contributed by atoms with Gasteiger partial charge in [-0.1, -0.05) is 17.7 Å². The molecule has 0 bridgehead atoms. The van der Waals surface area contributed by atoms with Crippen molar-refractivity contribution in [3.8, 4) is 0 Å². The summed E-state index contributed by atoms with van der Waals surface area (Å²) in [7, 11) is -2.01. The number of nitrogen functional groups attached to an aromatic ring is 1. The second-order valence-corrected chi connectivity index (χ2v) is 8.33. The molecule has 2 aromatic rings. The van der Waals surface area contributed by atoms with E-state index in [-0.39, 0.29) is 11.4 Å². The molecular formula is C13H15ClN2O2S2. The molecule has 0 atom stereocenters. The molecule has 1 aromatic heterocycles. The largest absolute Gasteiger partial charge is 0.398 e. The van der Waals surface area contributed by atoms with Crippen molar-refractivity contribution < 1.29 is 8.42 Å². The first kappa shape index (κ1) is 15.3. The number of rotatable bonds is 4. The predicted octanol–water partition coefficient (Wildman–Crippen LogP) is 3.11. The molecule has 0 fully saturated rings. The van der Waals surface area contributed by atoms with Gasteiger partial charge in [0.05, 0.1) is 9.23 Å². The van der Waals surface area contributed by atoms with Gasteiger partial charge in [0.25, 0.3) is 0 Å². The molecule has 0 radical (unpaired) electrons. The van der Waals surface area contributed by atoms with Gasteiger partial charge in [0.15, 0.2) is 0 Å². The van der Waals surface area contributed by atoms with Crippen LogP contribution in [0.2, 0.25) is 4.34 Å². The second kappa shape index (κ2) is 5.73. The van der Waals surface area contributed by atoms with Crippen LogP contribution in [-0.4, -0.2) is 19.8 Å². The van der Waals surface area contributed by atoms with Crippen LogP contribution in [-0.2, 0) is 16.6 Å². The molecule has 108 valence electrons. The molecule has 0 spiro atoms. The third kappa shape index (κ3) is 3.15. The average molecular weight is 331 g/mol. The molecule has 20 heavy (non-hydrogen) atoms. The van der Waals surface area contributed by atoms with E-state index in [1.54, 1.807) is 25.2 Å². The number of hydrogen-bond acceptors (Lipinski definition) is 4. The molecular weight excluding hydrogens is 316 g/mol. The van der Waals surface area contributed by atoms with Gasteiger partial charge in [0, 0.05) is 24.2 Å². The Bertz CT molecular complexity index is 726. The fourth-order valence-electron chi connectivity index (χ4n) is 1.70. The van der Waals surface area contributed by atoms with E-state index in [0.717, 1.165) is 10.4 Å². The molecule has 0 unspecified atom stereocenters. The topological polar surface area (TPSA) is 63.4 Å². The third-order valence-electron chi connectivity index (χ3n) is 2.97. The van der Waals surface area contributed by atoms with Gasteiger partial charge in [-0.15, -0.1) is 11.3 Å². The lowest BCUT2D eigenvalue weighted by Gasteiger charge is -2.17. The van der Waals surface area contributed by atoms with Crippen molar-refractivity contribution in [2.45, 2.75) is 18.4 Å². The van der Waals surface area contributed by atoms with Crippen LogP contribution in [0.25, 0.3) is 0 Å². The van der Waals surface area contributed by atoms with Crippen molar-refractivity contribution in [2.24, 2.45) is 0 Å². The van der Waals surface area contributed by atoms with Crippen LogP contribution in [0.5, 0.6) is 0 Å². The first-order valence-electron chi connectivity index (χ1n) is 5.87. The maximum Gasteiger partial charge on any atom is 0.243 e. The summed E-state index contributed by atoms with van der Waals surface area (Å²) < 4.78 is 26.8. The number of nitrogens with zero attached hydrogens (tertiary/aromatic N) is 1. The van der Waals surface area contributed by atoms with Crippen molar-refractivity contribution in [1.82, 2.24) is 4.31 Å². The molecule has 0 saturated heterocycles. The molecule has 1 aromatic carbocycles. The Hall–Kier alpha value is -1.08. The van der Waals surface area contributed by atoms with Gasteiger partial charge >= 0.3 is 0 Å². The molecule has 0 amide bonds. The van der Waals surface area contributed by atoms with Crippen LogP contribution in [0, 0.1) is 6.92 Å². The van der Waals surface area contributed by atoms with Gasteiger partial charge in [0.1, 0.15) is 0 Å². The number of halogens is 1. The van der Waals surface area contributed by atoms with Gasteiger partial charge < -0.3 is 5.73 Å². The van der Waals surface area contributed by atoms with Crippen LogP contribution >= 0.6 is 22.9 Å². The Kier molecular flexibility index (Phi) is 4.39. The lowest BCUT2D eigenvalue weighted by atomic mass is 10.2. The van der Waals surface area contributed by atoms with Crippen LogP contribution in [0.1, 0.15) is 10.4 Å². The lowest BCUT2D eigenvalue weighted by Crippen LogP contribution is -2.26. The van der Waals surface area contributed by atoms with Crippen molar-refractivity contribution >= 4 is 38.6 Å². The minimum atomic E-state index is -3.55. The summed E-state index contributed by atoms with van der Waals surface area (Å²) in [5, 5.41) is 0. The summed E-state index contributed by atoms with van der Waals surface area (Å²) in [6.45, 7) is 2.12. The van der Waals surface area contributed by atoms with Crippen molar-refractivity contribution in [2.75, 3.05) is 12.8 Å². The SMILES string of the molecule is Cc1ccc(S(=O)(=O)N(C)Cc2ccc(Cl)s2)cc1N. The van der Waals surface area contributed by atoms with E-state index in [9.17, 15) is 8.42 Å². The number of sulfonamides is 1. The van der Waals surface area contributed by atoms with E-state index in [1.807, 2.05) is 13.0 Å². The first-order valence-corrected chi connectivity index (χ1v) is 8.51. The predicted molar refractivity (Wildman–Crippen MR) is 83.6 cm³/mol. The number of hydrogen-bond donors (Lipinski definition) is 1. The van der Waals surface area contributed by atoms with E-state index >= 15 is 0 Å². The highest BCUT2D eigenvalue weighted by atomic mass is 35.5. The summed E-state index contributed by atoms with van der Waals surface area (Å²) in [6, 6.07) is 8.34. The average Bonchev–Trinajstić information content (AvgIpc) is 2.78. The van der Waals surface area contributed by atoms with Gasteiger partial charge in [-0.3, -0.25) is 0 Å². The maximum atomic E-state index is 12.4. The fourth-order valence-corrected chi connectivity index (χ4v) is 4.11. The summed E-state index contributed by atoms with van der Waals surface area (Å²) in [5.74, 6) is 0. The number of aryl methyl sites for hydroxylation is 1. The smallest absolute Gasteiger partial charge is 0.243 e. The Labute approximate surface area is 127 Å². The van der Waals surface area contributed by atoms with Gasteiger partial charge in [-0.2, -0.15) is 4.31 Å². The minimum Gasteiger partial charge on any atom is -0.398 e. The molecule has 0 aliphatic rings. The van der Waals surface area contributed by atoms with E-state index in [4.69, 9.17) is 17.3 Å². The van der Waals surface area contributed by atoms with Crippen molar-refractivity contribution in [3.05, 3.63) is 45.1 Å². The molecule has 0 aliphatic carbocycles. The van der Waals surface area contributed by atoms with E-state index in [0.29, 0.717) is 10.0 Å². The van der Waals surface area contributed by atoms with Crippen molar-refractivity contribution in [3.63, 3.8) is 0 Å². The van der Waals surface area contributed by atoms with Crippen LogP contribution in [0.4, 0.5) is 5.69 Å². The van der Waals surface area contributed by atoms with Gasteiger partial charge in [-0.25, -0.2) is 8.42 Å². The maximum absolute atomic E-state index is 12.4. The van der Waals surface area contributed by atoms with E-state index in [2.05, 4.69) is 0 Å². The van der Waals surface area contributed by atoms with E-state index in [1.165, 1.54) is 21.7 Å². The Morgan fingerprint density at radius 1 is 1.30 bits per heavy atom. The molecule has 2 rings (SSSR count). The monoisotopic (exact) mass is 330 g/mol. The van der Waals surface area contributed by atoms with Gasteiger partial charge in [-0.05, 0) is 36.8 Å². The number of benzene rings is 1. The first-order chi connectivity index (χ1) is 9.30. The standard InChI is InChI=1S/C13H15ClN2O2S2/c1-9-3-5-11(7-12(9)15)20(17,18)16(2)8-10-4-6-13(14)19-10/h3-7H,8,15H2,1-2H3. The Morgan fingerprint density at radius 2 is 2.00 bits per heavy atom. The van der Waals surface area contributed by atoms with E-state index < -0.39 is 10.0 Å². The summed E-state index contributed by atoms with van der Waals surface area (Å²) in [6.07, 6.45) is 0. The quantitative estimate of drug-likeness (QED) is 0.876. The summed E-state index contributed by atoms with van der Waals surface area (Å²) in [4.78, 5) is 1.09. The third-order valence-corrected chi connectivity index (χ3v) is 5.98. The van der Waals surface area contributed by atoms with Crippen molar-refractivity contribution in [1.29, 1.82) is 0 Å². The molecule has 7 heteroatoms. The zero-order valence-corrected chi connectivity index (χ0v) is 13.5. The molecule has 4 nitrogen and oxygen atoms in total. The number of thiophene rings is 1. The summed E-state index contributed by atoms with van der Waals surface area (Å²) in [5.41, 5.74) is 7.10. The molecule has 2 N–H and O–H groups in total. The fraction of sp³-hybridized carbons (Fsp3) is 0.231. The molecule has 0 saturated carbocycles. The summed E-state index contributed by atoms with van der Waals surface area (Å²) >= 11 is 7.21. The molecule has 0 aliphatic heterocycles. The van der Waals surface area contributed by atoms with Crippen LogP contribution < -0.4 is 5.73 Å².